The molecule has 2 atom stereocenters. The van der Waals surface area contributed by atoms with Gasteiger partial charge in [0.1, 0.15) is 0 Å². The number of Topliss-reactive ketones (excluding diaryl/α,β-unsaturated/α-hetero) is 1. The number of carbonyl (C=O) groups excluding carboxylic acids is 2. The van der Waals surface area contributed by atoms with Crippen molar-refractivity contribution in [2.75, 3.05) is 16.8 Å². The van der Waals surface area contributed by atoms with Crippen molar-refractivity contribution in [2.24, 2.45) is 0 Å². The lowest BCUT2D eigenvalue weighted by atomic mass is 9.75. The summed E-state index contributed by atoms with van der Waals surface area (Å²) in [6.07, 6.45) is 8.58. The predicted molar refractivity (Wildman–Crippen MR) is 266 cm³/mol. The fourth-order valence-corrected chi connectivity index (χ4v) is 9.73. The zero-order valence-electron chi connectivity index (χ0n) is 39.7. The van der Waals surface area contributed by atoms with Gasteiger partial charge in [-0.3, -0.25) is 37.9 Å². The van der Waals surface area contributed by atoms with E-state index in [9.17, 15) is 39.0 Å². The molecule has 13 nitrogen and oxygen atoms in total. The van der Waals surface area contributed by atoms with Crippen molar-refractivity contribution in [3.8, 4) is 0 Å². The molecule has 0 fully saturated rings. The van der Waals surface area contributed by atoms with Gasteiger partial charge in [-0.2, -0.15) is 0 Å². The number of aliphatic hydroxyl groups excluding tert-OH is 2. The van der Waals surface area contributed by atoms with Gasteiger partial charge in [-0.25, -0.2) is 0 Å². The van der Waals surface area contributed by atoms with Crippen LogP contribution in [0.15, 0.2) is 98.1 Å². The molecular weight excluding hydrogens is 903 g/mol. The number of benzene rings is 3. The molecule has 0 saturated heterocycles. The number of aliphatic hydroxyl groups is 2. The smallest absolute Gasteiger partial charge is 0.317 e. The van der Waals surface area contributed by atoms with Gasteiger partial charge in [-0.15, -0.1) is 0 Å². The summed E-state index contributed by atoms with van der Waals surface area (Å²) < 4.78 is 6.07. The average Bonchev–Trinajstić information content (AvgIpc) is 3.27. The highest BCUT2D eigenvalue weighted by Crippen LogP contribution is 2.43. The number of para-hydroxylation sites is 3. The number of aromatic nitrogens is 4. The van der Waals surface area contributed by atoms with Crippen molar-refractivity contribution in [1.29, 1.82) is 0 Å². The lowest BCUT2D eigenvalue weighted by molar-refractivity contribution is -0.136. The molecule has 0 spiro atoms. The van der Waals surface area contributed by atoms with Crippen LogP contribution in [-0.4, -0.2) is 64.3 Å². The molecule has 0 saturated carbocycles. The van der Waals surface area contributed by atoms with E-state index in [1.165, 1.54) is 17.1 Å². The zero-order chi connectivity index (χ0) is 48.5. The number of amides is 1. The third-order valence-electron chi connectivity index (χ3n) is 13.6. The Balaban J connectivity index is 0.000000157. The summed E-state index contributed by atoms with van der Waals surface area (Å²) in [5.41, 5.74) is 6.47. The van der Waals surface area contributed by atoms with E-state index in [-0.39, 0.29) is 40.9 Å². The lowest BCUT2D eigenvalue weighted by Gasteiger charge is -2.41. The molecule has 2 N–H and O–H groups in total. The molecule has 0 aliphatic carbocycles. The number of aryl methyl sites for hydroxylation is 2. The zero-order valence-corrected chi connectivity index (χ0v) is 41.3. The number of anilines is 1. The van der Waals surface area contributed by atoms with Crippen molar-refractivity contribution >= 4 is 55.4 Å². The molecule has 352 valence electrons. The van der Waals surface area contributed by atoms with Crippen molar-refractivity contribution in [3.05, 3.63) is 143 Å². The number of rotatable bonds is 6. The highest BCUT2D eigenvalue weighted by Gasteiger charge is 2.40. The monoisotopic (exact) mass is 965 g/mol. The third kappa shape index (κ3) is 9.55. The van der Waals surface area contributed by atoms with Crippen LogP contribution in [0, 0.1) is 0 Å². The van der Waals surface area contributed by atoms with E-state index in [1.807, 2.05) is 74.5 Å². The highest BCUT2D eigenvalue weighted by molar-refractivity contribution is 9.09. The minimum absolute atomic E-state index is 0.0226. The SMILES string of the molecule is C/C=C/CBr.C/C=C/Cn1c(=O)c(=O)n2c3c(cccc31)C(C)(C)CC2.CC(O)C(O)Cn1c(=O)c(=O)n2c3c(cccc31)C(C)(C)CC2.CC1(C)CCN2C(=O)C(=O)Cc3cccc1c32. The maximum atomic E-state index is 12.5. The van der Waals surface area contributed by atoms with Crippen LogP contribution >= 0.6 is 15.9 Å². The number of halogens is 1. The Hall–Kier alpha value is -5.44. The van der Waals surface area contributed by atoms with Crippen molar-refractivity contribution < 1.29 is 19.8 Å². The molecule has 66 heavy (non-hydrogen) atoms. The number of alkyl halides is 1. The molecule has 5 aromatic rings. The summed E-state index contributed by atoms with van der Waals surface area (Å²) in [5, 5.41) is 20.4. The maximum Gasteiger partial charge on any atom is 0.317 e. The maximum absolute atomic E-state index is 12.5. The van der Waals surface area contributed by atoms with Crippen LogP contribution in [-0.2, 0) is 58.4 Å². The van der Waals surface area contributed by atoms with Crippen LogP contribution in [0.2, 0.25) is 0 Å². The van der Waals surface area contributed by atoms with Gasteiger partial charge in [0.15, 0.2) is 0 Å². The summed E-state index contributed by atoms with van der Waals surface area (Å²) in [5.74, 6) is -0.616. The largest absolute Gasteiger partial charge is 0.391 e. The first-order valence-electron chi connectivity index (χ1n) is 22.8. The van der Waals surface area contributed by atoms with Crippen molar-refractivity contribution in [3.63, 3.8) is 0 Å². The minimum Gasteiger partial charge on any atom is -0.391 e. The molecule has 6 heterocycles. The quantitative estimate of drug-likeness (QED) is 0.107. The van der Waals surface area contributed by atoms with Gasteiger partial charge < -0.3 is 24.2 Å². The van der Waals surface area contributed by atoms with E-state index in [4.69, 9.17) is 0 Å². The first kappa shape index (κ1) is 50.0. The molecule has 14 heteroatoms. The standard InChI is InChI=1S/C17H22N2O4.C17H20N2O2.C14H15NO2.C4H7Br/c1-10(20)13(21)9-19-12-6-4-5-11-14(12)18(15(22)16(19)23)8-7-17(11,2)3;1-4-5-10-18-13-8-6-7-12-14(13)19(16(21)15(18)20)11-9-17(12,2)3;1-14(2)6-7-15-12-9(4-3-5-10(12)14)8-11(16)13(15)17;1-2-3-4-5/h4-6,10,13,20-21H,7-9H2,1-3H3;4-8H,9-11H2,1-3H3;3-5H,6-8H2,1-2H3;2-3H,4H2,1H3/b;5-4+;;3-2+. The van der Waals surface area contributed by atoms with Crippen LogP contribution in [0.25, 0.3) is 22.1 Å². The van der Waals surface area contributed by atoms with E-state index < -0.39 is 34.4 Å². The van der Waals surface area contributed by atoms with Crippen LogP contribution < -0.4 is 27.1 Å². The summed E-state index contributed by atoms with van der Waals surface area (Å²) >= 11 is 3.22. The number of hydrogen-bond donors (Lipinski definition) is 2. The first-order chi connectivity index (χ1) is 31.1. The third-order valence-corrected chi connectivity index (χ3v) is 13.9. The Kier molecular flexibility index (Phi) is 15.0. The summed E-state index contributed by atoms with van der Waals surface area (Å²) in [7, 11) is 0. The van der Waals surface area contributed by atoms with E-state index in [0.29, 0.717) is 31.7 Å². The second-order valence-corrected chi connectivity index (χ2v) is 20.1. The molecule has 4 aliphatic rings. The van der Waals surface area contributed by atoms with Gasteiger partial charge >= 0.3 is 22.2 Å². The molecule has 2 aromatic heterocycles. The Morgan fingerprint density at radius 2 is 1.11 bits per heavy atom. The minimum atomic E-state index is -1.11. The van der Waals surface area contributed by atoms with E-state index >= 15 is 0 Å². The molecule has 2 unspecified atom stereocenters. The van der Waals surface area contributed by atoms with Crippen LogP contribution in [0.1, 0.15) is 104 Å². The normalized spacial score (nSPS) is 18.2. The van der Waals surface area contributed by atoms with Gasteiger partial charge in [0.05, 0.1) is 46.5 Å². The Morgan fingerprint density at radius 3 is 1.61 bits per heavy atom. The van der Waals surface area contributed by atoms with Crippen LogP contribution in [0.4, 0.5) is 5.69 Å². The average molecular weight is 967 g/mol. The van der Waals surface area contributed by atoms with Gasteiger partial charge in [0.25, 0.3) is 5.91 Å². The predicted octanol–water partition coefficient (Wildman–Crippen LogP) is 6.79. The number of hydrogen-bond acceptors (Lipinski definition) is 8. The Bertz CT molecular complexity index is 2980. The number of nitrogens with zero attached hydrogens (tertiary/aromatic N) is 5. The van der Waals surface area contributed by atoms with Gasteiger partial charge in [0, 0.05) is 37.9 Å². The fourth-order valence-electron chi connectivity index (χ4n) is 9.36. The molecule has 0 radical (unpaired) electrons. The fraction of sp³-hybridized carbons (Fsp3) is 0.462. The molecule has 3 aromatic carbocycles. The highest BCUT2D eigenvalue weighted by atomic mass is 79.9. The molecule has 0 bridgehead atoms. The first-order valence-corrected chi connectivity index (χ1v) is 23.9. The number of allylic oxidation sites excluding steroid dienone is 4. The van der Waals surface area contributed by atoms with E-state index in [2.05, 4.69) is 69.6 Å². The van der Waals surface area contributed by atoms with Gasteiger partial charge in [-0.1, -0.05) is 124 Å². The Labute approximate surface area is 393 Å². The summed E-state index contributed by atoms with van der Waals surface area (Å²) in [4.78, 5) is 74.9. The molecular formula is C52H64BrN5O8. The second-order valence-electron chi connectivity index (χ2n) is 19.5. The molecule has 4 aliphatic heterocycles. The molecule has 9 rings (SSSR count). The lowest BCUT2D eigenvalue weighted by Crippen LogP contribution is -2.47. The van der Waals surface area contributed by atoms with Gasteiger partial charge in [0.2, 0.25) is 5.78 Å². The van der Waals surface area contributed by atoms with Gasteiger partial charge in [-0.05, 0) is 90.7 Å². The summed E-state index contributed by atoms with van der Waals surface area (Å²) in [6.45, 7) is 20.5. The topological polar surface area (TPSA) is 166 Å². The van der Waals surface area contributed by atoms with E-state index in [0.717, 1.165) is 63.5 Å². The number of ketones is 1. The van der Waals surface area contributed by atoms with Crippen molar-refractivity contribution in [2.45, 2.75) is 143 Å². The van der Waals surface area contributed by atoms with E-state index in [1.54, 1.807) is 24.7 Å². The summed E-state index contributed by atoms with van der Waals surface area (Å²) in [6, 6.07) is 17.6. The molecule has 1 amide bonds. The van der Waals surface area contributed by atoms with Crippen LogP contribution in [0.5, 0.6) is 0 Å². The Morgan fingerprint density at radius 1 is 0.636 bits per heavy atom. The number of carbonyl (C=O) groups is 2. The van der Waals surface area contributed by atoms with Crippen LogP contribution in [0.3, 0.4) is 0 Å². The second kappa shape index (κ2) is 19.8. The van der Waals surface area contributed by atoms with Crippen molar-refractivity contribution in [1.82, 2.24) is 18.3 Å².